The molecular formula is C19H26N2O5S. The van der Waals surface area contributed by atoms with Crippen LogP contribution in [0.3, 0.4) is 0 Å². The molecule has 0 aliphatic carbocycles. The van der Waals surface area contributed by atoms with E-state index in [2.05, 4.69) is 23.9 Å². The minimum absolute atomic E-state index is 0.0546. The number of nitrogens with one attached hydrogen (secondary N) is 2. The van der Waals surface area contributed by atoms with Crippen molar-refractivity contribution in [1.82, 2.24) is 10.0 Å². The first kappa shape index (κ1) is 21.0. The number of benzene rings is 1. The highest BCUT2D eigenvalue weighted by atomic mass is 32.2. The van der Waals surface area contributed by atoms with Gasteiger partial charge in [-0.05, 0) is 48.7 Å². The molecule has 0 saturated heterocycles. The van der Waals surface area contributed by atoms with Gasteiger partial charge in [0.25, 0.3) is 0 Å². The van der Waals surface area contributed by atoms with Crippen LogP contribution in [-0.4, -0.2) is 28.0 Å². The van der Waals surface area contributed by atoms with E-state index >= 15 is 0 Å². The third kappa shape index (κ3) is 6.41. The Morgan fingerprint density at radius 3 is 2.44 bits per heavy atom. The van der Waals surface area contributed by atoms with Crippen LogP contribution in [0.25, 0.3) is 0 Å². The first-order chi connectivity index (χ1) is 12.8. The van der Waals surface area contributed by atoms with E-state index in [9.17, 15) is 13.2 Å². The maximum absolute atomic E-state index is 12.7. The van der Waals surface area contributed by atoms with E-state index in [0.29, 0.717) is 24.0 Å². The van der Waals surface area contributed by atoms with Gasteiger partial charge in [-0.25, -0.2) is 8.42 Å². The van der Waals surface area contributed by atoms with E-state index < -0.39 is 16.1 Å². The molecule has 8 heteroatoms. The van der Waals surface area contributed by atoms with E-state index in [4.69, 9.17) is 9.15 Å². The maximum Gasteiger partial charge on any atom is 0.241 e. The normalized spacial score (nSPS) is 12.7. The second-order valence-electron chi connectivity index (χ2n) is 6.60. The van der Waals surface area contributed by atoms with Gasteiger partial charge < -0.3 is 14.5 Å². The molecule has 2 rings (SSSR count). The van der Waals surface area contributed by atoms with Crippen LogP contribution >= 0.6 is 0 Å². The molecule has 1 amide bonds. The average Bonchev–Trinajstić information content (AvgIpc) is 3.15. The minimum Gasteiger partial charge on any atom is -0.497 e. The van der Waals surface area contributed by atoms with E-state index in [-0.39, 0.29) is 17.2 Å². The SMILES string of the molecule is COc1ccc(S(=O)(=O)N[C@@H](CC(=O)NCCC(C)C)c2ccco2)cc1. The molecule has 1 aromatic heterocycles. The number of hydrogen-bond donors (Lipinski definition) is 2. The van der Waals surface area contributed by atoms with Crippen LogP contribution in [0.4, 0.5) is 0 Å². The van der Waals surface area contributed by atoms with Crippen molar-refractivity contribution >= 4 is 15.9 Å². The van der Waals surface area contributed by atoms with Crippen molar-refractivity contribution in [3.63, 3.8) is 0 Å². The van der Waals surface area contributed by atoms with Crippen LogP contribution in [0, 0.1) is 5.92 Å². The summed E-state index contributed by atoms with van der Waals surface area (Å²) in [7, 11) is -2.33. The zero-order chi connectivity index (χ0) is 19.9. The fourth-order valence-corrected chi connectivity index (χ4v) is 3.66. The van der Waals surface area contributed by atoms with Crippen molar-refractivity contribution in [2.45, 2.75) is 37.6 Å². The number of amides is 1. The van der Waals surface area contributed by atoms with E-state index in [0.717, 1.165) is 6.42 Å². The topological polar surface area (TPSA) is 97.6 Å². The maximum atomic E-state index is 12.7. The number of furan rings is 1. The molecule has 148 valence electrons. The van der Waals surface area contributed by atoms with Crippen molar-refractivity contribution in [2.75, 3.05) is 13.7 Å². The Kier molecular flexibility index (Phi) is 7.44. The van der Waals surface area contributed by atoms with E-state index in [1.165, 1.54) is 25.5 Å². The molecule has 1 heterocycles. The lowest BCUT2D eigenvalue weighted by atomic mass is 10.1. The molecule has 0 fully saturated rings. The fraction of sp³-hybridized carbons (Fsp3) is 0.421. The number of rotatable bonds is 10. The lowest BCUT2D eigenvalue weighted by Crippen LogP contribution is -2.34. The summed E-state index contributed by atoms with van der Waals surface area (Å²) >= 11 is 0. The largest absolute Gasteiger partial charge is 0.497 e. The predicted molar refractivity (Wildman–Crippen MR) is 102 cm³/mol. The molecule has 0 aliphatic heterocycles. The summed E-state index contributed by atoms with van der Waals surface area (Å²) in [6, 6.07) is 8.52. The Morgan fingerprint density at radius 1 is 1.19 bits per heavy atom. The number of carbonyl (C=O) groups is 1. The summed E-state index contributed by atoms with van der Waals surface area (Å²) in [6.45, 7) is 4.69. The van der Waals surface area contributed by atoms with Gasteiger partial charge in [-0.3, -0.25) is 4.79 Å². The number of methoxy groups -OCH3 is 1. The highest BCUT2D eigenvalue weighted by molar-refractivity contribution is 7.89. The van der Waals surface area contributed by atoms with Crippen LogP contribution < -0.4 is 14.8 Å². The van der Waals surface area contributed by atoms with Gasteiger partial charge in [-0.1, -0.05) is 13.8 Å². The smallest absolute Gasteiger partial charge is 0.241 e. The van der Waals surface area contributed by atoms with Crippen molar-refractivity contribution in [1.29, 1.82) is 0 Å². The van der Waals surface area contributed by atoms with Gasteiger partial charge in [0.1, 0.15) is 11.5 Å². The summed E-state index contributed by atoms with van der Waals surface area (Å²) in [5, 5.41) is 2.82. The van der Waals surface area contributed by atoms with Crippen molar-refractivity contribution in [3.05, 3.63) is 48.4 Å². The molecule has 1 atom stereocenters. The molecule has 27 heavy (non-hydrogen) atoms. The van der Waals surface area contributed by atoms with Crippen molar-refractivity contribution < 1.29 is 22.4 Å². The van der Waals surface area contributed by atoms with Gasteiger partial charge in [-0.2, -0.15) is 4.72 Å². The molecule has 0 saturated carbocycles. The number of sulfonamides is 1. The molecule has 0 spiro atoms. The second-order valence-corrected chi connectivity index (χ2v) is 8.32. The van der Waals surface area contributed by atoms with Gasteiger partial charge in [0.15, 0.2) is 0 Å². The Balaban J connectivity index is 2.11. The monoisotopic (exact) mass is 394 g/mol. The third-order valence-electron chi connectivity index (χ3n) is 3.99. The Hall–Kier alpha value is -2.32. The lowest BCUT2D eigenvalue weighted by Gasteiger charge is -2.17. The van der Waals surface area contributed by atoms with Crippen molar-refractivity contribution in [2.24, 2.45) is 5.92 Å². The average molecular weight is 394 g/mol. The quantitative estimate of drug-likeness (QED) is 0.646. The zero-order valence-electron chi connectivity index (χ0n) is 15.8. The molecule has 7 nitrogen and oxygen atoms in total. The number of carbonyl (C=O) groups excluding carboxylic acids is 1. The minimum atomic E-state index is -3.84. The lowest BCUT2D eigenvalue weighted by molar-refractivity contribution is -0.121. The standard InChI is InChI=1S/C19H26N2O5S/c1-14(2)10-11-20-19(22)13-17(18-5-4-12-26-18)21-27(23,24)16-8-6-15(25-3)7-9-16/h4-9,12,14,17,21H,10-11,13H2,1-3H3,(H,20,22)/t17-/m0/s1. The Bertz CT molecular complexity index is 814. The molecule has 0 aliphatic rings. The fourth-order valence-electron chi connectivity index (χ4n) is 2.46. The van der Waals surface area contributed by atoms with Crippen molar-refractivity contribution in [3.8, 4) is 5.75 Å². The highest BCUT2D eigenvalue weighted by Gasteiger charge is 2.25. The third-order valence-corrected chi connectivity index (χ3v) is 5.47. The van der Waals surface area contributed by atoms with Gasteiger partial charge >= 0.3 is 0 Å². The molecule has 0 radical (unpaired) electrons. The molecule has 2 N–H and O–H groups in total. The van der Waals surface area contributed by atoms with Crippen LogP contribution in [0.1, 0.15) is 38.5 Å². The summed E-state index contributed by atoms with van der Waals surface area (Å²) < 4.78 is 38.3. The van der Waals surface area contributed by atoms with Gasteiger partial charge in [0, 0.05) is 6.54 Å². The first-order valence-corrected chi connectivity index (χ1v) is 10.3. The highest BCUT2D eigenvalue weighted by Crippen LogP contribution is 2.22. The van der Waals surface area contributed by atoms with E-state index in [1.54, 1.807) is 24.3 Å². The van der Waals surface area contributed by atoms with Gasteiger partial charge in [0.2, 0.25) is 15.9 Å². The molecule has 0 bridgehead atoms. The molecule has 1 aromatic carbocycles. The summed E-state index contributed by atoms with van der Waals surface area (Å²) in [4.78, 5) is 12.3. The summed E-state index contributed by atoms with van der Waals surface area (Å²) in [5.74, 6) is 1.17. The Morgan fingerprint density at radius 2 is 1.89 bits per heavy atom. The molecular weight excluding hydrogens is 368 g/mol. The summed E-state index contributed by atoms with van der Waals surface area (Å²) in [5.41, 5.74) is 0. The Labute approximate surface area is 160 Å². The van der Waals surface area contributed by atoms with Crippen LogP contribution in [0.15, 0.2) is 52.0 Å². The van der Waals surface area contributed by atoms with Gasteiger partial charge in [0.05, 0.1) is 30.7 Å². The second kappa shape index (κ2) is 9.57. The predicted octanol–water partition coefficient (Wildman–Crippen LogP) is 2.86. The summed E-state index contributed by atoms with van der Waals surface area (Å²) in [6.07, 6.45) is 2.25. The molecule has 0 unspecified atom stereocenters. The van der Waals surface area contributed by atoms with Crippen LogP contribution in [0.5, 0.6) is 5.75 Å². The molecule has 2 aromatic rings. The van der Waals surface area contributed by atoms with Gasteiger partial charge in [-0.15, -0.1) is 0 Å². The zero-order valence-corrected chi connectivity index (χ0v) is 16.6. The number of hydrogen-bond acceptors (Lipinski definition) is 5. The van der Waals surface area contributed by atoms with E-state index in [1.807, 2.05) is 0 Å². The number of ether oxygens (including phenoxy) is 1. The van der Waals surface area contributed by atoms with Crippen LogP contribution in [-0.2, 0) is 14.8 Å². The van der Waals surface area contributed by atoms with Crippen LogP contribution in [0.2, 0.25) is 0 Å². The first-order valence-electron chi connectivity index (χ1n) is 8.78.